The Morgan fingerprint density at radius 2 is 2.22 bits per heavy atom. The van der Waals surface area contributed by atoms with Crippen molar-refractivity contribution in [2.24, 2.45) is 11.3 Å². The van der Waals surface area contributed by atoms with Crippen molar-refractivity contribution < 1.29 is 4.79 Å². The first-order valence-electron chi connectivity index (χ1n) is 6.94. The molecule has 0 amide bonds. The second-order valence-corrected chi connectivity index (χ2v) is 6.20. The van der Waals surface area contributed by atoms with E-state index in [1.54, 1.807) is 6.20 Å². The minimum absolute atomic E-state index is 0.165. The maximum Gasteiger partial charge on any atom is 0.142 e. The lowest BCUT2D eigenvalue weighted by Crippen LogP contribution is -2.35. The molecule has 0 saturated heterocycles. The van der Waals surface area contributed by atoms with Gasteiger partial charge in [0.1, 0.15) is 5.78 Å². The van der Waals surface area contributed by atoms with Crippen molar-refractivity contribution in [1.29, 1.82) is 0 Å². The van der Waals surface area contributed by atoms with Gasteiger partial charge in [-0.3, -0.25) is 9.78 Å². The summed E-state index contributed by atoms with van der Waals surface area (Å²) in [6, 6.07) is 3.95. The normalized spacial score (nSPS) is 22.7. The molecule has 0 bridgehead atoms. The van der Waals surface area contributed by atoms with E-state index in [0.717, 1.165) is 17.7 Å². The third kappa shape index (κ3) is 2.80. The Hall–Kier alpha value is -1.18. The predicted octanol–water partition coefficient (Wildman–Crippen LogP) is 3.72. The zero-order valence-electron chi connectivity index (χ0n) is 11.7. The van der Waals surface area contributed by atoms with Crippen molar-refractivity contribution in [1.82, 2.24) is 4.98 Å². The maximum atomic E-state index is 12.5. The highest BCUT2D eigenvalue weighted by atomic mass is 16.1. The molecule has 0 spiro atoms. The van der Waals surface area contributed by atoms with Crippen LogP contribution in [0.15, 0.2) is 18.3 Å². The van der Waals surface area contributed by atoms with Gasteiger partial charge in [-0.15, -0.1) is 0 Å². The van der Waals surface area contributed by atoms with Crippen molar-refractivity contribution >= 4 is 5.78 Å². The molecule has 0 N–H and O–H groups in total. The summed E-state index contributed by atoms with van der Waals surface area (Å²) in [7, 11) is 0. The molecule has 0 radical (unpaired) electrons. The number of pyridine rings is 1. The van der Waals surface area contributed by atoms with Gasteiger partial charge in [-0.05, 0) is 36.8 Å². The van der Waals surface area contributed by atoms with Gasteiger partial charge in [-0.1, -0.05) is 32.8 Å². The van der Waals surface area contributed by atoms with Crippen molar-refractivity contribution in [3.63, 3.8) is 0 Å². The number of aryl methyl sites for hydroxylation is 1. The number of aromatic nitrogens is 1. The second-order valence-electron chi connectivity index (χ2n) is 6.20. The van der Waals surface area contributed by atoms with Crippen molar-refractivity contribution in [2.75, 3.05) is 0 Å². The molecular weight excluding hydrogens is 222 g/mol. The summed E-state index contributed by atoms with van der Waals surface area (Å²) < 4.78 is 0. The first kappa shape index (κ1) is 13.3. The van der Waals surface area contributed by atoms with E-state index < -0.39 is 0 Å². The molecule has 0 aromatic carbocycles. The van der Waals surface area contributed by atoms with Gasteiger partial charge < -0.3 is 0 Å². The molecule has 1 aliphatic rings. The number of carbonyl (C=O) groups excluding carboxylic acids is 1. The first-order chi connectivity index (χ1) is 8.50. The Morgan fingerprint density at radius 3 is 2.89 bits per heavy atom. The molecular formula is C16H23NO. The van der Waals surface area contributed by atoms with Gasteiger partial charge in [-0.2, -0.15) is 0 Å². The third-order valence-corrected chi connectivity index (χ3v) is 4.36. The predicted molar refractivity (Wildman–Crippen MR) is 73.4 cm³/mol. The highest BCUT2D eigenvalue weighted by Crippen LogP contribution is 2.41. The molecule has 0 aliphatic heterocycles. The van der Waals surface area contributed by atoms with Crippen LogP contribution in [0.4, 0.5) is 0 Å². The van der Waals surface area contributed by atoms with Crippen LogP contribution < -0.4 is 0 Å². The minimum Gasteiger partial charge on any atom is -0.299 e. The van der Waals surface area contributed by atoms with Crippen LogP contribution in [0.2, 0.25) is 0 Å². The van der Waals surface area contributed by atoms with E-state index >= 15 is 0 Å². The van der Waals surface area contributed by atoms with Crippen LogP contribution in [0.1, 0.15) is 50.8 Å². The lowest BCUT2D eigenvalue weighted by Gasteiger charge is -2.37. The van der Waals surface area contributed by atoms with E-state index in [9.17, 15) is 4.79 Å². The van der Waals surface area contributed by atoms with E-state index in [1.165, 1.54) is 19.3 Å². The van der Waals surface area contributed by atoms with Crippen LogP contribution in [-0.2, 0) is 11.2 Å². The highest BCUT2D eigenvalue weighted by molar-refractivity contribution is 5.84. The number of Topliss-reactive ketones (excluding diaryl/α,β-unsaturated/α-hetero) is 1. The Balaban J connectivity index is 2.10. The summed E-state index contributed by atoms with van der Waals surface area (Å²) in [4.78, 5) is 16.8. The summed E-state index contributed by atoms with van der Waals surface area (Å²) in [6.07, 6.45) is 6.96. The molecule has 1 saturated carbocycles. The Bertz CT molecular complexity index is 436. The fourth-order valence-corrected chi connectivity index (χ4v) is 3.08. The van der Waals surface area contributed by atoms with Gasteiger partial charge in [0, 0.05) is 18.5 Å². The van der Waals surface area contributed by atoms with Crippen molar-refractivity contribution in [2.45, 2.75) is 52.9 Å². The maximum absolute atomic E-state index is 12.5. The Morgan fingerprint density at radius 1 is 1.44 bits per heavy atom. The quantitative estimate of drug-likeness (QED) is 0.812. The molecule has 1 aromatic heterocycles. The molecule has 2 rings (SSSR count). The van der Waals surface area contributed by atoms with Crippen LogP contribution in [0.5, 0.6) is 0 Å². The molecule has 1 unspecified atom stereocenters. The number of rotatable bonds is 3. The largest absolute Gasteiger partial charge is 0.299 e. The summed E-state index contributed by atoms with van der Waals surface area (Å²) in [5.41, 5.74) is 2.24. The van der Waals surface area contributed by atoms with Crippen LogP contribution in [0.25, 0.3) is 0 Å². The summed E-state index contributed by atoms with van der Waals surface area (Å²) >= 11 is 0. The molecule has 1 fully saturated rings. The topological polar surface area (TPSA) is 30.0 Å². The number of nitrogens with zero attached hydrogens (tertiary/aromatic N) is 1. The zero-order chi connectivity index (χ0) is 13.2. The molecule has 1 atom stereocenters. The van der Waals surface area contributed by atoms with Gasteiger partial charge in [0.15, 0.2) is 0 Å². The SMILES string of the molecule is Cc1cccnc1CC(=O)C1CCCCC1(C)C. The number of hydrogen-bond acceptors (Lipinski definition) is 2. The van der Waals surface area contributed by atoms with E-state index in [0.29, 0.717) is 12.2 Å². The van der Waals surface area contributed by atoms with Gasteiger partial charge in [0.05, 0.1) is 5.69 Å². The average molecular weight is 245 g/mol. The first-order valence-corrected chi connectivity index (χ1v) is 6.94. The van der Waals surface area contributed by atoms with Crippen LogP contribution >= 0.6 is 0 Å². The standard InChI is InChI=1S/C16H23NO/c1-12-7-6-10-17-14(12)11-15(18)13-8-4-5-9-16(13,2)3/h6-7,10,13H,4-5,8-9,11H2,1-3H3. The van der Waals surface area contributed by atoms with E-state index in [1.807, 2.05) is 19.1 Å². The van der Waals surface area contributed by atoms with Crippen LogP contribution in [-0.4, -0.2) is 10.8 Å². The Kier molecular flexibility index (Phi) is 3.84. The van der Waals surface area contributed by atoms with E-state index in [4.69, 9.17) is 0 Å². The van der Waals surface area contributed by atoms with Gasteiger partial charge in [0.2, 0.25) is 0 Å². The molecule has 2 nitrogen and oxygen atoms in total. The number of ketones is 1. The summed E-state index contributed by atoms with van der Waals surface area (Å²) in [5, 5.41) is 0. The lowest BCUT2D eigenvalue weighted by molar-refractivity contribution is -0.127. The van der Waals surface area contributed by atoms with Crippen LogP contribution in [0, 0.1) is 18.3 Å². The fraction of sp³-hybridized carbons (Fsp3) is 0.625. The molecule has 1 heterocycles. The van der Waals surface area contributed by atoms with Crippen molar-refractivity contribution in [3.8, 4) is 0 Å². The van der Waals surface area contributed by atoms with Crippen molar-refractivity contribution in [3.05, 3.63) is 29.6 Å². The van der Waals surface area contributed by atoms with E-state index in [2.05, 4.69) is 18.8 Å². The molecule has 98 valence electrons. The lowest BCUT2D eigenvalue weighted by atomic mass is 9.66. The zero-order valence-corrected chi connectivity index (χ0v) is 11.7. The third-order valence-electron chi connectivity index (χ3n) is 4.36. The van der Waals surface area contributed by atoms with E-state index in [-0.39, 0.29) is 11.3 Å². The summed E-state index contributed by atoms with van der Waals surface area (Å²) in [5.74, 6) is 0.592. The fourth-order valence-electron chi connectivity index (χ4n) is 3.08. The second kappa shape index (κ2) is 5.21. The molecule has 1 aromatic rings. The number of carbonyl (C=O) groups is 1. The minimum atomic E-state index is 0.165. The number of hydrogen-bond donors (Lipinski definition) is 0. The molecule has 18 heavy (non-hydrogen) atoms. The average Bonchev–Trinajstić information content (AvgIpc) is 2.31. The van der Waals surface area contributed by atoms with Crippen LogP contribution in [0.3, 0.4) is 0 Å². The monoisotopic (exact) mass is 245 g/mol. The smallest absolute Gasteiger partial charge is 0.142 e. The molecule has 2 heteroatoms. The van der Waals surface area contributed by atoms with Gasteiger partial charge >= 0.3 is 0 Å². The highest BCUT2D eigenvalue weighted by Gasteiger charge is 2.36. The Labute approximate surface area is 110 Å². The van der Waals surface area contributed by atoms with Gasteiger partial charge in [-0.25, -0.2) is 0 Å². The summed E-state index contributed by atoms with van der Waals surface area (Å²) in [6.45, 7) is 6.50. The van der Waals surface area contributed by atoms with Gasteiger partial charge in [0.25, 0.3) is 0 Å². The molecule has 1 aliphatic carbocycles.